The fourth-order valence-electron chi connectivity index (χ4n) is 1.41. The van der Waals surface area contributed by atoms with Crippen LogP contribution in [0.2, 0.25) is 0 Å². The number of aromatic nitrogens is 2. The number of hydrogen-bond acceptors (Lipinski definition) is 2. The lowest BCUT2D eigenvalue weighted by Crippen LogP contribution is -2.30. The summed E-state index contributed by atoms with van der Waals surface area (Å²) in [6.45, 7) is 1.91. The highest BCUT2D eigenvalue weighted by Crippen LogP contribution is 2.29. The van der Waals surface area contributed by atoms with Crippen LogP contribution in [0.3, 0.4) is 0 Å². The molecule has 0 unspecified atom stereocenters. The Hall–Kier alpha value is -1.12. The lowest BCUT2D eigenvalue weighted by atomic mass is 9.93. The second-order valence-corrected chi connectivity index (χ2v) is 3.34. The average Bonchev–Trinajstić information content (AvgIpc) is 1.93. The Labute approximate surface area is 71.0 Å². The maximum absolute atomic E-state index is 11.3. The van der Waals surface area contributed by atoms with Gasteiger partial charge in [0.15, 0.2) is 0 Å². The quantitative estimate of drug-likeness (QED) is 0.626. The molecule has 1 aliphatic rings. The molecule has 2 rings (SSSR count). The van der Waals surface area contributed by atoms with Crippen molar-refractivity contribution in [2.45, 2.75) is 32.2 Å². The summed E-state index contributed by atoms with van der Waals surface area (Å²) in [6.07, 6.45) is 3.44. The fourth-order valence-corrected chi connectivity index (χ4v) is 1.41. The molecule has 0 saturated heterocycles. The molecule has 3 heteroatoms. The van der Waals surface area contributed by atoms with Crippen molar-refractivity contribution in [2.75, 3.05) is 0 Å². The molecule has 0 atom stereocenters. The smallest absolute Gasteiger partial charge is 0.267 e. The Balaban J connectivity index is 2.40. The van der Waals surface area contributed by atoms with E-state index in [1.54, 1.807) is 16.8 Å². The predicted molar refractivity (Wildman–Crippen MR) is 46.1 cm³/mol. The van der Waals surface area contributed by atoms with E-state index in [2.05, 4.69) is 5.10 Å². The van der Waals surface area contributed by atoms with E-state index >= 15 is 0 Å². The Morgan fingerprint density at radius 1 is 1.50 bits per heavy atom. The molecule has 1 aromatic rings. The molecule has 1 saturated carbocycles. The van der Waals surface area contributed by atoms with E-state index < -0.39 is 0 Å². The van der Waals surface area contributed by atoms with E-state index in [4.69, 9.17) is 0 Å². The Bertz CT molecular complexity index is 339. The Kier molecular flexibility index (Phi) is 1.71. The van der Waals surface area contributed by atoms with E-state index in [1.165, 1.54) is 6.42 Å². The molecule has 64 valence electrons. The molecule has 0 bridgehead atoms. The first-order chi connectivity index (χ1) is 5.77. The number of aryl methyl sites for hydroxylation is 1. The van der Waals surface area contributed by atoms with E-state index in [9.17, 15) is 4.79 Å². The second-order valence-electron chi connectivity index (χ2n) is 3.34. The van der Waals surface area contributed by atoms with Gasteiger partial charge in [0, 0.05) is 6.07 Å². The van der Waals surface area contributed by atoms with Gasteiger partial charge in [-0.1, -0.05) is 0 Å². The summed E-state index contributed by atoms with van der Waals surface area (Å²) in [5, 5.41) is 4.20. The lowest BCUT2D eigenvalue weighted by Gasteiger charge is -2.26. The summed E-state index contributed by atoms with van der Waals surface area (Å²) in [7, 11) is 0. The topological polar surface area (TPSA) is 34.9 Å². The first kappa shape index (κ1) is 7.53. The summed E-state index contributed by atoms with van der Waals surface area (Å²) in [6, 6.07) is 3.73. The van der Waals surface area contributed by atoms with Crippen LogP contribution in [0.25, 0.3) is 0 Å². The van der Waals surface area contributed by atoms with Crippen LogP contribution in [-0.2, 0) is 0 Å². The molecule has 0 aliphatic heterocycles. The van der Waals surface area contributed by atoms with Gasteiger partial charge in [-0.2, -0.15) is 5.10 Å². The highest BCUT2D eigenvalue weighted by atomic mass is 16.1. The zero-order valence-electron chi connectivity index (χ0n) is 7.16. The summed E-state index contributed by atoms with van der Waals surface area (Å²) >= 11 is 0. The summed E-state index contributed by atoms with van der Waals surface area (Å²) in [4.78, 5) is 11.3. The monoisotopic (exact) mass is 164 g/mol. The molecule has 1 fully saturated rings. The minimum Gasteiger partial charge on any atom is -0.268 e. The van der Waals surface area contributed by atoms with Crippen molar-refractivity contribution in [3.05, 3.63) is 28.2 Å². The minimum atomic E-state index is 0.0327. The highest BCUT2D eigenvalue weighted by Gasteiger charge is 2.20. The van der Waals surface area contributed by atoms with Gasteiger partial charge in [-0.15, -0.1) is 0 Å². The van der Waals surface area contributed by atoms with Gasteiger partial charge in [-0.05, 0) is 32.3 Å². The second kappa shape index (κ2) is 2.73. The molecule has 0 N–H and O–H groups in total. The predicted octanol–water partition coefficient (Wildman–Crippen LogP) is 1.28. The number of hydrogen-bond donors (Lipinski definition) is 0. The summed E-state index contributed by atoms with van der Waals surface area (Å²) in [5.74, 6) is 0. The van der Waals surface area contributed by atoms with E-state index in [0.29, 0.717) is 6.04 Å². The highest BCUT2D eigenvalue weighted by molar-refractivity contribution is 4.98. The molecule has 0 spiro atoms. The van der Waals surface area contributed by atoms with Gasteiger partial charge >= 0.3 is 0 Å². The van der Waals surface area contributed by atoms with Crippen LogP contribution < -0.4 is 5.56 Å². The summed E-state index contributed by atoms with van der Waals surface area (Å²) in [5.41, 5.74) is 0.951. The van der Waals surface area contributed by atoms with Crippen LogP contribution in [0.5, 0.6) is 0 Å². The van der Waals surface area contributed by atoms with Crippen molar-refractivity contribution in [3.63, 3.8) is 0 Å². The van der Waals surface area contributed by atoms with Gasteiger partial charge in [0.05, 0.1) is 11.7 Å². The Morgan fingerprint density at radius 3 is 2.83 bits per heavy atom. The molecule has 12 heavy (non-hydrogen) atoms. The van der Waals surface area contributed by atoms with Crippen LogP contribution in [0.15, 0.2) is 16.9 Å². The fraction of sp³-hybridized carbons (Fsp3) is 0.556. The third-order valence-corrected chi connectivity index (χ3v) is 2.38. The van der Waals surface area contributed by atoms with Crippen LogP contribution in [0, 0.1) is 6.92 Å². The normalized spacial score (nSPS) is 17.4. The van der Waals surface area contributed by atoms with Gasteiger partial charge in [0.1, 0.15) is 0 Å². The van der Waals surface area contributed by atoms with Gasteiger partial charge < -0.3 is 0 Å². The maximum atomic E-state index is 11.3. The van der Waals surface area contributed by atoms with Crippen LogP contribution in [0.1, 0.15) is 31.0 Å². The summed E-state index contributed by atoms with van der Waals surface area (Å²) < 4.78 is 1.62. The number of rotatable bonds is 1. The first-order valence-corrected chi connectivity index (χ1v) is 4.34. The zero-order valence-corrected chi connectivity index (χ0v) is 7.16. The van der Waals surface area contributed by atoms with Crippen molar-refractivity contribution < 1.29 is 0 Å². The van der Waals surface area contributed by atoms with Gasteiger partial charge in [-0.25, -0.2) is 4.68 Å². The van der Waals surface area contributed by atoms with Crippen molar-refractivity contribution in [2.24, 2.45) is 0 Å². The van der Waals surface area contributed by atoms with Gasteiger partial charge in [0.2, 0.25) is 0 Å². The molecular formula is C9H12N2O. The van der Waals surface area contributed by atoms with Crippen LogP contribution in [0.4, 0.5) is 0 Å². The van der Waals surface area contributed by atoms with Crippen molar-refractivity contribution in [3.8, 4) is 0 Å². The van der Waals surface area contributed by atoms with Crippen molar-refractivity contribution in [1.82, 2.24) is 9.78 Å². The van der Waals surface area contributed by atoms with Gasteiger partial charge in [-0.3, -0.25) is 4.79 Å². The maximum Gasteiger partial charge on any atom is 0.267 e. The largest absolute Gasteiger partial charge is 0.268 e. The lowest BCUT2D eigenvalue weighted by molar-refractivity contribution is 0.277. The van der Waals surface area contributed by atoms with E-state index in [0.717, 1.165) is 18.5 Å². The van der Waals surface area contributed by atoms with E-state index in [1.807, 2.05) is 6.92 Å². The van der Waals surface area contributed by atoms with Crippen LogP contribution in [-0.4, -0.2) is 9.78 Å². The third kappa shape index (κ3) is 1.15. The SMILES string of the molecule is Cc1ccc(=O)n(C2CCC2)n1. The molecule has 1 heterocycles. The first-order valence-electron chi connectivity index (χ1n) is 4.34. The van der Waals surface area contributed by atoms with Crippen LogP contribution >= 0.6 is 0 Å². The third-order valence-electron chi connectivity index (χ3n) is 2.38. The Morgan fingerprint density at radius 2 is 2.25 bits per heavy atom. The average molecular weight is 164 g/mol. The molecule has 0 amide bonds. The molecule has 0 radical (unpaired) electrons. The van der Waals surface area contributed by atoms with Gasteiger partial charge in [0.25, 0.3) is 5.56 Å². The van der Waals surface area contributed by atoms with Crippen molar-refractivity contribution in [1.29, 1.82) is 0 Å². The standard InChI is InChI=1S/C9H12N2O/c1-7-5-6-9(12)11(10-7)8-3-2-4-8/h5-6,8H,2-4H2,1H3. The molecule has 1 aromatic heterocycles. The van der Waals surface area contributed by atoms with E-state index in [-0.39, 0.29) is 5.56 Å². The number of nitrogens with zero attached hydrogens (tertiary/aromatic N) is 2. The van der Waals surface area contributed by atoms with Crippen molar-refractivity contribution >= 4 is 0 Å². The molecular weight excluding hydrogens is 152 g/mol. The minimum absolute atomic E-state index is 0.0327. The molecule has 1 aliphatic carbocycles. The zero-order chi connectivity index (χ0) is 8.55. The molecule has 0 aromatic carbocycles. The molecule has 3 nitrogen and oxygen atoms in total.